The topological polar surface area (TPSA) is 59.8 Å². The van der Waals surface area contributed by atoms with Gasteiger partial charge in [-0.3, -0.25) is 9.59 Å². The molecule has 0 aliphatic heterocycles. The number of ketones is 1. The number of benzene rings is 2. The lowest BCUT2D eigenvalue weighted by molar-refractivity contribution is -0.112. The minimum Gasteiger partial charge on any atom is -0.491 e. The third-order valence-electron chi connectivity index (χ3n) is 5.38. The molecule has 2 aromatic carbocycles. The van der Waals surface area contributed by atoms with E-state index in [0.29, 0.717) is 12.2 Å². The van der Waals surface area contributed by atoms with Gasteiger partial charge in [0.1, 0.15) is 17.3 Å². The molecule has 0 aliphatic carbocycles. The SMILES string of the molecule is CCCCCOc1cc(F)ccc1NC(=O)C(=O)c1c(-c2ccccc2)cc2ccccn12. The van der Waals surface area contributed by atoms with Crippen LogP contribution in [-0.4, -0.2) is 22.7 Å². The Kier molecular flexibility index (Phi) is 6.83. The van der Waals surface area contributed by atoms with Gasteiger partial charge in [0.25, 0.3) is 11.7 Å². The number of pyridine rings is 1. The van der Waals surface area contributed by atoms with E-state index >= 15 is 0 Å². The summed E-state index contributed by atoms with van der Waals surface area (Å²) in [5, 5.41) is 2.62. The van der Waals surface area contributed by atoms with Crippen molar-refractivity contribution in [1.82, 2.24) is 4.40 Å². The molecule has 33 heavy (non-hydrogen) atoms. The zero-order chi connectivity index (χ0) is 23.2. The van der Waals surface area contributed by atoms with Crippen LogP contribution in [0.1, 0.15) is 36.7 Å². The number of hydrogen-bond acceptors (Lipinski definition) is 3. The lowest BCUT2D eigenvalue weighted by atomic mass is 10.0. The molecule has 0 fully saturated rings. The third-order valence-corrected chi connectivity index (χ3v) is 5.38. The molecule has 0 spiro atoms. The fraction of sp³-hybridized carbons (Fsp3) is 0.185. The molecule has 0 aliphatic rings. The van der Waals surface area contributed by atoms with Crippen LogP contribution in [0.25, 0.3) is 16.6 Å². The monoisotopic (exact) mass is 444 g/mol. The molecule has 0 radical (unpaired) electrons. The first kappa shape index (κ1) is 22.3. The number of aromatic nitrogens is 1. The van der Waals surface area contributed by atoms with Crippen LogP contribution in [0.4, 0.5) is 10.1 Å². The molecule has 4 rings (SSSR count). The summed E-state index contributed by atoms with van der Waals surface area (Å²) in [4.78, 5) is 26.4. The first-order chi connectivity index (χ1) is 16.1. The Morgan fingerprint density at radius 3 is 2.55 bits per heavy atom. The molecule has 5 nitrogen and oxygen atoms in total. The highest BCUT2D eigenvalue weighted by Gasteiger charge is 2.25. The predicted octanol–water partition coefficient (Wildman–Crippen LogP) is 6.14. The van der Waals surface area contributed by atoms with Crippen LogP contribution < -0.4 is 10.1 Å². The molecule has 0 unspecified atom stereocenters. The van der Waals surface area contributed by atoms with Gasteiger partial charge in [0.05, 0.1) is 12.3 Å². The number of carbonyl (C=O) groups excluding carboxylic acids is 2. The van der Waals surface area contributed by atoms with Gasteiger partial charge in [0, 0.05) is 23.3 Å². The van der Waals surface area contributed by atoms with Gasteiger partial charge in [0.2, 0.25) is 0 Å². The Morgan fingerprint density at radius 1 is 0.970 bits per heavy atom. The Morgan fingerprint density at radius 2 is 1.76 bits per heavy atom. The standard InChI is InChI=1S/C27H25FN2O3/c1-2-3-9-16-33-24-17-20(28)13-14-23(24)29-27(32)26(31)25-22(19-10-5-4-6-11-19)18-21-12-7-8-15-30(21)25/h4-8,10-15,17-18H,2-3,9,16H2,1H3,(H,29,32). The maximum atomic E-state index is 13.8. The summed E-state index contributed by atoms with van der Waals surface area (Å²) in [6.07, 6.45) is 4.58. The van der Waals surface area contributed by atoms with E-state index in [4.69, 9.17) is 4.74 Å². The van der Waals surface area contributed by atoms with Gasteiger partial charge < -0.3 is 14.5 Å². The molecular weight excluding hydrogens is 419 g/mol. The second-order valence-corrected chi connectivity index (χ2v) is 7.75. The number of carbonyl (C=O) groups is 2. The van der Waals surface area contributed by atoms with Gasteiger partial charge in [-0.05, 0) is 42.3 Å². The largest absolute Gasteiger partial charge is 0.491 e. The van der Waals surface area contributed by atoms with E-state index in [1.54, 1.807) is 16.7 Å². The van der Waals surface area contributed by atoms with Crippen LogP contribution >= 0.6 is 0 Å². The van der Waals surface area contributed by atoms with E-state index in [0.717, 1.165) is 30.3 Å². The summed E-state index contributed by atoms with van der Waals surface area (Å²) in [7, 11) is 0. The summed E-state index contributed by atoms with van der Waals surface area (Å²) in [5.41, 5.74) is 2.82. The molecule has 0 bridgehead atoms. The van der Waals surface area contributed by atoms with Gasteiger partial charge >= 0.3 is 0 Å². The van der Waals surface area contributed by atoms with E-state index in [9.17, 15) is 14.0 Å². The molecule has 0 saturated carbocycles. The quantitative estimate of drug-likeness (QED) is 0.192. The molecule has 0 atom stereocenters. The zero-order valence-corrected chi connectivity index (χ0v) is 18.4. The number of amides is 1. The smallest absolute Gasteiger partial charge is 0.298 e. The summed E-state index contributed by atoms with van der Waals surface area (Å²) < 4.78 is 21.2. The highest BCUT2D eigenvalue weighted by Crippen LogP contribution is 2.30. The van der Waals surface area contributed by atoms with Crippen LogP contribution in [0.5, 0.6) is 5.75 Å². The summed E-state index contributed by atoms with van der Waals surface area (Å²) in [5.74, 6) is -1.79. The number of unbranched alkanes of at least 4 members (excludes halogenated alkanes) is 2. The number of nitrogens with zero attached hydrogens (tertiary/aromatic N) is 1. The highest BCUT2D eigenvalue weighted by molar-refractivity contribution is 6.47. The lowest BCUT2D eigenvalue weighted by Crippen LogP contribution is -2.25. The van der Waals surface area contributed by atoms with Crippen molar-refractivity contribution in [1.29, 1.82) is 0 Å². The minimum absolute atomic E-state index is 0.204. The van der Waals surface area contributed by atoms with E-state index in [2.05, 4.69) is 12.2 Å². The van der Waals surface area contributed by atoms with Crippen molar-refractivity contribution in [3.05, 3.63) is 90.5 Å². The lowest BCUT2D eigenvalue weighted by Gasteiger charge is -2.13. The Labute approximate surface area is 191 Å². The maximum absolute atomic E-state index is 13.8. The Bertz CT molecular complexity index is 1280. The van der Waals surface area contributed by atoms with Crippen LogP contribution in [-0.2, 0) is 4.79 Å². The molecule has 6 heteroatoms. The second kappa shape index (κ2) is 10.1. The molecule has 4 aromatic rings. The van der Waals surface area contributed by atoms with E-state index < -0.39 is 17.5 Å². The second-order valence-electron chi connectivity index (χ2n) is 7.75. The van der Waals surface area contributed by atoms with Gasteiger partial charge in [-0.1, -0.05) is 56.2 Å². The number of fused-ring (bicyclic) bond motifs is 1. The number of ether oxygens (including phenoxy) is 1. The van der Waals surface area contributed by atoms with Gasteiger partial charge in [-0.25, -0.2) is 4.39 Å². The van der Waals surface area contributed by atoms with E-state index in [-0.39, 0.29) is 17.1 Å². The van der Waals surface area contributed by atoms with Crippen molar-refractivity contribution in [2.45, 2.75) is 26.2 Å². The van der Waals surface area contributed by atoms with Crippen molar-refractivity contribution < 1.29 is 18.7 Å². The molecule has 1 amide bonds. The molecule has 2 heterocycles. The number of anilines is 1. The molecule has 168 valence electrons. The maximum Gasteiger partial charge on any atom is 0.298 e. The molecule has 0 saturated heterocycles. The fourth-order valence-electron chi connectivity index (χ4n) is 3.73. The normalized spacial score (nSPS) is 10.8. The van der Waals surface area contributed by atoms with Crippen LogP contribution in [0, 0.1) is 5.82 Å². The van der Waals surface area contributed by atoms with Gasteiger partial charge in [-0.2, -0.15) is 0 Å². The Hall–Kier alpha value is -3.93. The first-order valence-corrected chi connectivity index (χ1v) is 11.0. The summed E-state index contributed by atoms with van der Waals surface area (Å²) in [6, 6.07) is 20.7. The first-order valence-electron chi connectivity index (χ1n) is 11.0. The van der Waals surface area contributed by atoms with Crippen LogP contribution in [0.15, 0.2) is 79.0 Å². The van der Waals surface area contributed by atoms with Gasteiger partial charge in [-0.15, -0.1) is 0 Å². The average Bonchev–Trinajstić information content (AvgIpc) is 3.23. The number of rotatable bonds is 9. The molecular formula is C27H25FN2O3. The fourth-order valence-corrected chi connectivity index (χ4v) is 3.73. The van der Waals surface area contributed by atoms with E-state index in [1.807, 2.05) is 48.5 Å². The van der Waals surface area contributed by atoms with Crippen molar-refractivity contribution in [2.75, 3.05) is 11.9 Å². The predicted molar refractivity (Wildman–Crippen MR) is 127 cm³/mol. The molecule has 2 aromatic heterocycles. The van der Waals surface area contributed by atoms with Crippen molar-refractivity contribution in [2.24, 2.45) is 0 Å². The zero-order valence-electron chi connectivity index (χ0n) is 18.4. The van der Waals surface area contributed by atoms with E-state index in [1.165, 1.54) is 18.2 Å². The van der Waals surface area contributed by atoms with Crippen molar-refractivity contribution in [3.63, 3.8) is 0 Å². The molecule has 1 N–H and O–H groups in total. The summed E-state index contributed by atoms with van der Waals surface area (Å²) in [6.45, 7) is 2.48. The van der Waals surface area contributed by atoms with Gasteiger partial charge in [0.15, 0.2) is 0 Å². The minimum atomic E-state index is -0.818. The number of Topliss-reactive ketones (excluding diaryl/α,β-unsaturated/α-hetero) is 1. The van der Waals surface area contributed by atoms with Crippen LogP contribution in [0.2, 0.25) is 0 Å². The van der Waals surface area contributed by atoms with Crippen LogP contribution in [0.3, 0.4) is 0 Å². The number of halogens is 1. The third kappa shape index (κ3) is 4.95. The Balaban J connectivity index is 1.64. The number of nitrogens with one attached hydrogen (secondary N) is 1. The number of hydrogen-bond donors (Lipinski definition) is 1. The highest BCUT2D eigenvalue weighted by atomic mass is 19.1. The van der Waals surface area contributed by atoms with Crippen molar-refractivity contribution >= 4 is 22.9 Å². The summed E-state index contributed by atoms with van der Waals surface area (Å²) >= 11 is 0. The average molecular weight is 445 g/mol. The van der Waals surface area contributed by atoms with Crippen molar-refractivity contribution in [3.8, 4) is 16.9 Å².